The van der Waals surface area contributed by atoms with E-state index in [9.17, 15) is 53.4 Å². The standard InChI is InChI=1S/C46H77ClN16O11/c1-26(57-43(71)37(35(64)24-51)62-39(67)29(52)9-2-4-18-48)38(66)56-25-36(65)58-31(11-6-20-50)44(72)63-22-8-13-34(63)42(70)61-33(23-27-14-16-28(47)17-15-27)41(69)59-30(10-3-5-19-49)40(68)60-32(45(73)74)12-7-21-55-46(53)54/h12,14-17,26,29-31,33-35,37,64H,2-11,13,18-25,48-52H2,1H3,(H,56,66)(H,57,71)(H,58,65)(H,59,69)(H,60,68)(H,61,70)(H,62,67)(H,73,74)(H4,53,54,55)/b32-12-/t26?,29-,30-,31+,33-,34-,35?,37-/m0/s1. The molecule has 1 aliphatic rings. The summed E-state index contributed by atoms with van der Waals surface area (Å²) in [6.45, 7) is 1.17. The number of carbonyl (C=O) groups is 9. The molecule has 74 heavy (non-hydrogen) atoms. The lowest BCUT2D eigenvalue weighted by atomic mass is 10.0. The maximum Gasteiger partial charge on any atom is 0.352 e. The molecular formula is C46H77ClN16O11. The molecule has 23 N–H and O–H groups in total. The zero-order chi connectivity index (χ0) is 55.3. The van der Waals surface area contributed by atoms with Crippen LogP contribution in [0.15, 0.2) is 41.0 Å². The molecule has 2 unspecified atom stereocenters. The third-order valence-corrected chi connectivity index (χ3v) is 11.9. The second-order valence-electron chi connectivity index (χ2n) is 17.6. The number of aliphatic hydroxyl groups excluding tert-OH is 1. The minimum Gasteiger partial charge on any atom is -0.477 e. The summed E-state index contributed by atoms with van der Waals surface area (Å²) in [5, 5.41) is 38.0. The van der Waals surface area contributed by atoms with Crippen LogP contribution in [-0.2, 0) is 49.6 Å². The summed E-state index contributed by atoms with van der Waals surface area (Å²) < 4.78 is 0. The van der Waals surface area contributed by atoms with Gasteiger partial charge in [-0.2, -0.15) is 0 Å². The number of carbonyl (C=O) groups excluding carboxylic acids is 8. The van der Waals surface area contributed by atoms with E-state index in [-0.39, 0.29) is 77.1 Å². The van der Waals surface area contributed by atoms with E-state index in [0.717, 1.165) is 0 Å². The first-order valence-corrected chi connectivity index (χ1v) is 24.9. The number of nitrogens with one attached hydrogen (secondary N) is 7. The van der Waals surface area contributed by atoms with Crippen molar-refractivity contribution in [3.63, 3.8) is 0 Å². The number of halogens is 1. The number of rotatable bonds is 34. The van der Waals surface area contributed by atoms with Crippen LogP contribution in [0.3, 0.4) is 0 Å². The average Bonchev–Trinajstić information content (AvgIpc) is 3.87. The van der Waals surface area contributed by atoms with Gasteiger partial charge in [-0.25, -0.2) is 4.79 Å². The first-order chi connectivity index (χ1) is 35.2. The molecule has 0 aromatic heterocycles. The van der Waals surface area contributed by atoms with Crippen LogP contribution >= 0.6 is 11.6 Å². The number of guanidine groups is 1. The van der Waals surface area contributed by atoms with Crippen molar-refractivity contribution in [1.82, 2.24) is 42.1 Å². The molecule has 0 aliphatic carbocycles. The molecule has 1 aromatic carbocycles. The minimum absolute atomic E-state index is 0.0396. The molecule has 1 heterocycles. The number of unbranched alkanes of at least 4 members (excludes halogenated alkanes) is 2. The number of nitrogens with two attached hydrogens (primary N) is 7. The number of hydrogen-bond acceptors (Lipinski definition) is 16. The molecular weight excluding hydrogens is 988 g/mol. The Morgan fingerprint density at radius 2 is 1.41 bits per heavy atom. The van der Waals surface area contributed by atoms with Gasteiger partial charge in [0.15, 0.2) is 5.96 Å². The van der Waals surface area contributed by atoms with E-state index in [1.165, 1.54) is 17.9 Å². The van der Waals surface area contributed by atoms with Gasteiger partial charge in [-0.3, -0.25) is 43.3 Å². The summed E-state index contributed by atoms with van der Waals surface area (Å²) in [4.78, 5) is 125. The van der Waals surface area contributed by atoms with Gasteiger partial charge in [-0.05, 0) is 108 Å². The van der Waals surface area contributed by atoms with Crippen molar-refractivity contribution in [2.24, 2.45) is 45.1 Å². The zero-order valence-electron chi connectivity index (χ0n) is 41.8. The van der Waals surface area contributed by atoms with Crippen molar-refractivity contribution in [3.8, 4) is 0 Å². The van der Waals surface area contributed by atoms with Gasteiger partial charge in [-0.1, -0.05) is 36.2 Å². The molecule has 1 saturated heterocycles. The Morgan fingerprint density at radius 3 is 2.01 bits per heavy atom. The predicted octanol–water partition coefficient (Wildman–Crippen LogP) is -5.17. The summed E-state index contributed by atoms with van der Waals surface area (Å²) in [6, 6.07) is -2.37. The van der Waals surface area contributed by atoms with E-state index in [0.29, 0.717) is 49.2 Å². The van der Waals surface area contributed by atoms with Crippen molar-refractivity contribution < 1.29 is 53.4 Å². The van der Waals surface area contributed by atoms with E-state index in [1.54, 1.807) is 24.3 Å². The Labute approximate surface area is 435 Å². The van der Waals surface area contributed by atoms with E-state index in [1.807, 2.05) is 0 Å². The highest BCUT2D eigenvalue weighted by Crippen LogP contribution is 2.21. The first kappa shape index (κ1) is 63.6. The number of likely N-dealkylation sites (tertiary alicyclic amines) is 1. The number of aliphatic hydroxyl groups is 1. The summed E-state index contributed by atoms with van der Waals surface area (Å²) in [5.74, 6) is -8.00. The fourth-order valence-corrected chi connectivity index (χ4v) is 7.70. The first-order valence-electron chi connectivity index (χ1n) is 24.5. The van der Waals surface area contributed by atoms with Gasteiger partial charge >= 0.3 is 5.97 Å². The summed E-state index contributed by atoms with van der Waals surface area (Å²) in [5.41, 5.74) is 39.2. The molecule has 28 heteroatoms. The Hall–Kier alpha value is -6.49. The Kier molecular flexibility index (Phi) is 29.3. The molecule has 27 nitrogen and oxygen atoms in total. The lowest BCUT2D eigenvalue weighted by molar-refractivity contribution is -0.142. The highest BCUT2D eigenvalue weighted by atomic mass is 35.5. The Balaban J connectivity index is 2.25. The van der Waals surface area contributed by atoms with E-state index in [2.05, 4.69) is 42.2 Å². The molecule has 0 spiro atoms. The molecule has 1 aliphatic heterocycles. The SMILES string of the molecule is CC(NC(=O)[C@@H](NC(=O)[C@@H](N)CCCCN)C(O)CN)C(=O)NCC(=O)N[C@H](CCCN)C(=O)N1CCC[C@H]1C(=O)N[C@@H](Cc1ccc(Cl)cc1)C(=O)N[C@@H](CCCCN)C(=O)N/C(=C\CCN=C(N)N)C(=O)O. The van der Waals surface area contributed by atoms with E-state index in [4.69, 9.17) is 51.7 Å². The maximum absolute atomic E-state index is 14.2. The lowest BCUT2D eigenvalue weighted by Gasteiger charge is -2.30. The number of carboxylic acid groups (broad SMARTS) is 1. The fraction of sp³-hybridized carbons (Fsp3) is 0.609. The van der Waals surface area contributed by atoms with Gasteiger partial charge in [0.2, 0.25) is 47.3 Å². The predicted molar refractivity (Wildman–Crippen MR) is 275 cm³/mol. The molecule has 8 atom stereocenters. The summed E-state index contributed by atoms with van der Waals surface area (Å²) in [7, 11) is 0. The molecule has 0 saturated carbocycles. The monoisotopic (exact) mass is 1060 g/mol. The molecule has 0 bridgehead atoms. The van der Waals surface area contributed by atoms with Crippen molar-refractivity contribution in [3.05, 3.63) is 46.6 Å². The van der Waals surface area contributed by atoms with Gasteiger partial charge in [0.25, 0.3) is 0 Å². The van der Waals surface area contributed by atoms with Crippen LogP contribution in [0.5, 0.6) is 0 Å². The smallest absolute Gasteiger partial charge is 0.352 e. The quantitative estimate of drug-likeness (QED) is 0.0133. The number of nitrogens with zero attached hydrogens (tertiary/aromatic N) is 2. The number of amides is 8. The van der Waals surface area contributed by atoms with Gasteiger partial charge in [0, 0.05) is 31.1 Å². The van der Waals surface area contributed by atoms with Crippen molar-refractivity contribution >= 4 is 70.8 Å². The van der Waals surface area contributed by atoms with Crippen molar-refractivity contribution in [1.29, 1.82) is 0 Å². The highest BCUT2D eigenvalue weighted by Gasteiger charge is 2.39. The number of benzene rings is 1. The highest BCUT2D eigenvalue weighted by molar-refractivity contribution is 6.30. The Morgan fingerprint density at radius 1 is 0.770 bits per heavy atom. The molecule has 1 aromatic rings. The van der Waals surface area contributed by atoms with Gasteiger partial charge in [-0.15, -0.1) is 0 Å². The van der Waals surface area contributed by atoms with Crippen LogP contribution in [0, 0.1) is 0 Å². The maximum atomic E-state index is 14.2. The number of hydrogen-bond donors (Lipinski definition) is 16. The zero-order valence-corrected chi connectivity index (χ0v) is 42.6. The van der Waals surface area contributed by atoms with Gasteiger partial charge in [0.1, 0.15) is 41.9 Å². The van der Waals surface area contributed by atoms with E-state index >= 15 is 0 Å². The second kappa shape index (κ2) is 34.1. The van der Waals surface area contributed by atoms with Crippen LogP contribution in [0.2, 0.25) is 5.02 Å². The second-order valence-corrected chi connectivity index (χ2v) is 18.1. The van der Waals surface area contributed by atoms with Crippen molar-refractivity contribution in [2.75, 3.05) is 45.8 Å². The molecule has 414 valence electrons. The normalized spacial score (nSPS) is 16.2. The number of aliphatic imine (C=N–C) groups is 1. The van der Waals surface area contributed by atoms with Crippen LogP contribution in [-0.4, -0.2) is 169 Å². The summed E-state index contributed by atoms with van der Waals surface area (Å²) >= 11 is 6.12. The van der Waals surface area contributed by atoms with Gasteiger partial charge < -0.3 is 92.5 Å². The Bertz CT molecular complexity index is 2100. The molecule has 0 radical (unpaired) electrons. The number of carboxylic acids is 1. The lowest BCUT2D eigenvalue weighted by Crippen LogP contribution is -2.60. The van der Waals surface area contributed by atoms with Crippen LogP contribution in [0.4, 0.5) is 0 Å². The van der Waals surface area contributed by atoms with Crippen LogP contribution in [0.1, 0.15) is 83.1 Å². The minimum atomic E-state index is -1.56. The third kappa shape index (κ3) is 22.7. The summed E-state index contributed by atoms with van der Waals surface area (Å²) in [6.07, 6.45) is 2.82. The number of aliphatic carboxylic acids is 1. The van der Waals surface area contributed by atoms with E-state index < -0.39 is 120 Å². The average molecular weight is 1070 g/mol. The molecule has 8 amide bonds. The van der Waals surface area contributed by atoms with Crippen molar-refractivity contribution in [2.45, 2.75) is 132 Å². The topological polar surface area (TPSA) is 476 Å². The third-order valence-electron chi connectivity index (χ3n) is 11.7. The largest absolute Gasteiger partial charge is 0.477 e. The van der Waals surface area contributed by atoms with Crippen LogP contribution in [0.25, 0.3) is 0 Å². The van der Waals surface area contributed by atoms with Crippen LogP contribution < -0.4 is 77.4 Å². The van der Waals surface area contributed by atoms with Gasteiger partial charge in [0.05, 0.1) is 18.7 Å². The molecule has 2 rings (SSSR count). The fourth-order valence-electron chi connectivity index (χ4n) is 7.57. The molecule has 1 fully saturated rings.